The second kappa shape index (κ2) is 5.56. The molecule has 0 radical (unpaired) electrons. The van der Waals surface area contributed by atoms with Crippen LogP contribution in [0, 0.1) is 18.8 Å². The third-order valence-corrected chi connectivity index (χ3v) is 6.84. The van der Waals surface area contributed by atoms with E-state index in [1.807, 2.05) is 6.92 Å². The molecular formula is C14H22ClN3O2S. The van der Waals surface area contributed by atoms with Gasteiger partial charge < -0.3 is 5.32 Å². The molecule has 2 fully saturated rings. The molecule has 3 atom stereocenters. The lowest BCUT2D eigenvalue weighted by Crippen LogP contribution is -2.17. The summed E-state index contributed by atoms with van der Waals surface area (Å²) in [6.07, 6.45) is 1.91. The van der Waals surface area contributed by atoms with E-state index in [0.717, 1.165) is 29.6 Å². The van der Waals surface area contributed by atoms with Crippen LogP contribution in [0.4, 0.5) is 0 Å². The fourth-order valence-electron chi connectivity index (χ4n) is 3.03. The Bertz CT molecular complexity index is 641. The van der Waals surface area contributed by atoms with E-state index in [9.17, 15) is 8.42 Å². The third kappa shape index (κ3) is 3.27. The Kier molecular flexibility index (Phi) is 4.05. The van der Waals surface area contributed by atoms with Gasteiger partial charge in [-0.05, 0) is 38.1 Å². The molecule has 0 unspecified atom stereocenters. The third-order valence-electron chi connectivity index (χ3n) is 4.68. The molecule has 21 heavy (non-hydrogen) atoms. The van der Waals surface area contributed by atoms with Gasteiger partial charge in [0.2, 0.25) is 0 Å². The van der Waals surface area contributed by atoms with Crippen LogP contribution in [0.15, 0.2) is 0 Å². The molecule has 0 amide bonds. The van der Waals surface area contributed by atoms with E-state index in [2.05, 4.69) is 17.3 Å². The van der Waals surface area contributed by atoms with Crippen molar-refractivity contribution < 1.29 is 8.42 Å². The molecule has 1 saturated heterocycles. The first-order valence-electron chi connectivity index (χ1n) is 7.52. The molecule has 1 aromatic rings. The van der Waals surface area contributed by atoms with Crippen LogP contribution in [0.2, 0.25) is 5.15 Å². The van der Waals surface area contributed by atoms with Gasteiger partial charge >= 0.3 is 0 Å². The number of rotatable bonds is 5. The predicted octanol–water partition coefficient (Wildman–Crippen LogP) is 1.95. The Morgan fingerprint density at radius 3 is 2.76 bits per heavy atom. The fourth-order valence-corrected chi connectivity index (χ4v) is 5.10. The normalized spacial score (nSPS) is 30.7. The highest BCUT2D eigenvalue weighted by atomic mass is 35.5. The second-order valence-corrected chi connectivity index (χ2v) is 9.05. The van der Waals surface area contributed by atoms with Gasteiger partial charge in [-0.25, -0.2) is 13.1 Å². The summed E-state index contributed by atoms with van der Waals surface area (Å²) in [5.41, 5.74) is 1.88. The summed E-state index contributed by atoms with van der Waals surface area (Å²) < 4.78 is 24.9. The van der Waals surface area contributed by atoms with Crippen LogP contribution in [0.3, 0.4) is 0 Å². The molecule has 0 spiro atoms. The van der Waals surface area contributed by atoms with E-state index in [1.165, 1.54) is 6.42 Å². The van der Waals surface area contributed by atoms with Crippen molar-refractivity contribution in [3.8, 4) is 0 Å². The van der Waals surface area contributed by atoms with Crippen molar-refractivity contribution in [1.82, 2.24) is 15.1 Å². The lowest BCUT2D eigenvalue weighted by molar-refractivity contribution is 0.497. The highest BCUT2D eigenvalue weighted by Crippen LogP contribution is 2.37. The smallest absolute Gasteiger partial charge is 0.152 e. The monoisotopic (exact) mass is 331 g/mol. The summed E-state index contributed by atoms with van der Waals surface area (Å²) in [5, 5.41) is 8.50. The second-order valence-electron chi connectivity index (χ2n) is 6.46. The topological polar surface area (TPSA) is 64.0 Å². The Morgan fingerprint density at radius 1 is 1.48 bits per heavy atom. The number of halogens is 1. The summed E-state index contributed by atoms with van der Waals surface area (Å²) in [5.74, 6) is 2.01. The maximum Gasteiger partial charge on any atom is 0.152 e. The van der Waals surface area contributed by atoms with Gasteiger partial charge in [0.25, 0.3) is 0 Å². The van der Waals surface area contributed by atoms with Crippen LogP contribution in [-0.2, 0) is 16.4 Å². The van der Waals surface area contributed by atoms with Gasteiger partial charge in [-0.3, -0.25) is 0 Å². The zero-order valence-corrected chi connectivity index (χ0v) is 14.0. The van der Waals surface area contributed by atoms with Gasteiger partial charge in [-0.15, -0.1) is 0 Å². The number of nitrogens with one attached hydrogen (secondary N) is 1. The van der Waals surface area contributed by atoms with Crippen molar-refractivity contribution >= 4 is 21.4 Å². The molecule has 0 aromatic carbocycles. The minimum absolute atomic E-state index is 0.113. The zero-order chi connectivity index (χ0) is 15.2. The molecule has 3 rings (SSSR count). The maximum atomic E-state index is 11.6. The van der Waals surface area contributed by atoms with Crippen LogP contribution in [0.5, 0.6) is 0 Å². The van der Waals surface area contributed by atoms with E-state index in [-0.39, 0.29) is 17.5 Å². The first-order valence-corrected chi connectivity index (χ1v) is 9.72. The summed E-state index contributed by atoms with van der Waals surface area (Å²) in [6.45, 7) is 5.92. The SMILES string of the molecule is Cc1nn([C@@H]2CCS(=O)(=O)C2)c(Cl)c1CNC[C@@H]1C[C@@H]1C. The van der Waals surface area contributed by atoms with Gasteiger partial charge in [0, 0.05) is 12.1 Å². The predicted molar refractivity (Wildman–Crippen MR) is 83.3 cm³/mol. The zero-order valence-electron chi connectivity index (χ0n) is 12.5. The average molecular weight is 332 g/mol. The molecule has 2 heterocycles. The Labute approximate surface area is 131 Å². The number of hydrogen-bond donors (Lipinski definition) is 1. The van der Waals surface area contributed by atoms with Gasteiger partial charge in [-0.1, -0.05) is 18.5 Å². The summed E-state index contributed by atoms with van der Waals surface area (Å²) in [7, 11) is -2.93. The van der Waals surface area contributed by atoms with Gasteiger partial charge in [0.15, 0.2) is 9.84 Å². The lowest BCUT2D eigenvalue weighted by atomic mass is 10.2. The highest BCUT2D eigenvalue weighted by molar-refractivity contribution is 7.91. The number of hydrogen-bond acceptors (Lipinski definition) is 4. The van der Waals surface area contributed by atoms with Gasteiger partial charge in [-0.2, -0.15) is 5.10 Å². The van der Waals surface area contributed by atoms with Crippen molar-refractivity contribution in [3.63, 3.8) is 0 Å². The molecule has 1 aliphatic carbocycles. The summed E-state index contributed by atoms with van der Waals surface area (Å²) >= 11 is 6.43. The molecule has 1 aliphatic heterocycles. The quantitative estimate of drug-likeness (QED) is 0.895. The van der Waals surface area contributed by atoms with Crippen molar-refractivity contribution in [2.45, 2.75) is 39.3 Å². The summed E-state index contributed by atoms with van der Waals surface area (Å²) in [4.78, 5) is 0. The first kappa shape index (κ1) is 15.3. The van der Waals surface area contributed by atoms with Gasteiger partial charge in [0.1, 0.15) is 5.15 Å². The summed E-state index contributed by atoms with van der Waals surface area (Å²) in [6, 6.07) is -0.113. The van der Waals surface area contributed by atoms with Crippen LogP contribution in [0.25, 0.3) is 0 Å². The van der Waals surface area contributed by atoms with Crippen molar-refractivity contribution in [2.24, 2.45) is 11.8 Å². The van der Waals surface area contributed by atoms with E-state index < -0.39 is 9.84 Å². The molecule has 7 heteroatoms. The van der Waals surface area contributed by atoms with Crippen molar-refractivity contribution in [1.29, 1.82) is 0 Å². The van der Waals surface area contributed by atoms with Gasteiger partial charge in [0.05, 0.1) is 23.2 Å². The van der Waals surface area contributed by atoms with E-state index in [0.29, 0.717) is 18.1 Å². The largest absolute Gasteiger partial charge is 0.312 e. The van der Waals surface area contributed by atoms with Crippen molar-refractivity contribution in [3.05, 3.63) is 16.4 Å². The maximum absolute atomic E-state index is 11.6. The van der Waals surface area contributed by atoms with E-state index in [4.69, 9.17) is 11.6 Å². The molecule has 2 aliphatic rings. The standard InChI is InChI=1S/C14H22ClN3O2S/c1-9-5-11(9)6-16-7-13-10(2)17-18(14(13)15)12-3-4-21(19,20)8-12/h9,11-12,16H,3-8H2,1-2H3/t9-,11-,12+/m0/s1. The molecule has 5 nitrogen and oxygen atoms in total. The number of aryl methyl sites for hydroxylation is 1. The number of aromatic nitrogens is 2. The van der Waals surface area contributed by atoms with E-state index in [1.54, 1.807) is 4.68 Å². The average Bonchev–Trinajstić information content (AvgIpc) is 2.87. The Morgan fingerprint density at radius 2 is 2.19 bits per heavy atom. The molecule has 1 aromatic heterocycles. The molecule has 1 N–H and O–H groups in total. The first-order chi connectivity index (χ1) is 9.87. The number of sulfone groups is 1. The fraction of sp³-hybridized carbons (Fsp3) is 0.786. The molecule has 118 valence electrons. The van der Waals surface area contributed by atoms with Crippen LogP contribution in [0.1, 0.15) is 37.1 Å². The number of nitrogens with zero attached hydrogens (tertiary/aromatic N) is 2. The molecule has 1 saturated carbocycles. The Balaban J connectivity index is 1.68. The lowest BCUT2D eigenvalue weighted by Gasteiger charge is -2.10. The van der Waals surface area contributed by atoms with Crippen LogP contribution >= 0.6 is 11.6 Å². The minimum Gasteiger partial charge on any atom is -0.312 e. The molecule has 0 bridgehead atoms. The van der Waals surface area contributed by atoms with E-state index >= 15 is 0 Å². The Hall–Kier alpha value is -0.590. The minimum atomic E-state index is -2.93. The van der Waals surface area contributed by atoms with Crippen LogP contribution in [-0.4, -0.2) is 36.2 Å². The van der Waals surface area contributed by atoms with Crippen molar-refractivity contribution in [2.75, 3.05) is 18.1 Å². The molecular weight excluding hydrogens is 310 g/mol. The van der Waals surface area contributed by atoms with Crippen LogP contribution < -0.4 is 5.32 Å². The highest BCUT2D eigenvalue weighted by Gasteiger charge is 2.33.